The van der Waals surface area contributed by atoms with Gasteiger partial charge >= 0.3 is 11.9 Å². The molecule has 0 aromatic carbocycles. The number of unbranched alkanes of at least 4 members (excludes halogenated alkanes) is 17. The quantitative estimate of drug-likeness (QED) is 0.0269. The van der Waals surface area contributed by atoms with Gasteiger partial charge in [0, 0.05) is 12.8 Å². The lowest BCUT2D eigenvalue weighted by Gasteiger charge is -2.39. The molecule has 1 fully saturated rings. The second-order valence-electron chi connectivity index (χ2n) is 15.8. The minimum Gasteiger partial charge on any atom is -0.462 e. The number of esters is 2. The van der Waals surface area contributed by atoms with Crippen LogP contribution < -0.4 is 0 Å². The van der Waals surface area contributed by atoms with E-state index in [0.717, 1.165) is 70.6 Å². The van der Waals surface area contributed by atoms with E-state index in [-0.39, 0.29) is 26.1 Å². The zero-order valence-corrected chi connectivity index (χ0v) is 37.0. The van der Waals surface area contributed by atoms with E-state index in [1.165, 1.54) is 70.6 Å². The number of aliphatic hydroxyl groups excluding tert-OH is 4. The Bertz CT molecular complexity index is 1150. The van der Waals surface area contributed by atoms with E-state index in [1.807, 2.05) is 0 Å². The molecule has 10 nitrogen and oxygen atoms in total. The number of hydrogen-bond donors (Lipinski definition) is 4. The van der Waals surface area contributed by atoms with Crippen molar-refractivity contribution in [2.75, 3.05) is 19.8 Å². The van der Waals surface area contributed by atoms with Crippen LogP contribution in [0.5, 0.6) is 0 Å². The maximum Gasteiger partial charge on any atom is 0.306 e. The fourth-order valence-electron chi connectivity index (χ4n) is 6.64. The van der Waals surface area contributed by atoms with Crippen molar-refractivity contribution < 1.29 is 49.0 Å². The lowest BCUT2D eigenvalue weighted by molar-refractivity contribution is -0.305. The van der Waals surface area contributed by atoms with Crippen molar-refractivity contribution >= 4 is 11.9 Å². The van der Waals surface area contributed by atoms with E-state index in [0.29, 0.717) is 12.8 Å². The first kappa shape index (κ1) is 54.4. The van der Waals surface area contributed by atoms with Crippen molar-refractivity contribution in [3.05, 3.63) is 60.8 Å². The minimum absolute atomic E-state index is 0.200. The molecule has 0 amide bonds. The van der Waals surface area contributed by atoms with Gasteiger partial charge in [-0.1, -0.05) is 145 Å². The Balaban J connectivity index is 2.34. The van der Waals surface area contributed by atoms with E-state index in [9.17, 15) is 30.0 Å². The normalized spacial score (nSPS) is 20.5. The first-order valence-electron chi connectivity index (χ1n) is 23.4. The maximum atomic E-state index is 12.8. The van der Waals surface area contributed by atoms with E-state index in [2.05, 4.69) is 74.6 Å². The summed E-state index contributed by atoms with van der Waals surface area (Å²) in [5.41, 5.74) is 0. The third-order valence-electron chi connectivity index (χ3n) is 10.4. The third kappa shape index (κ3) is 31.0. The number of ether oxygens (including phenoxy) is 4. The Kier molecular flexibility index (Phi) is 36.5. The molecule has 0 radical (unpaired) electrons. The predicted octanol–water partition coefficient (Wildman–Crippen LogP) is 10.2. The van der Waals surface area contributed by atoms with E-state index in [1.54, 1.807) is 0 Å². The molecule has 1 rings (SSSR count). The Hall–Kier alpha value is -2.60. The fraction of sp³-hybridized carbons (Fsp3) is 0.755. The molecule has 1 aliphatic heterocycles. The lowest BCUT2D eigenvalue weighted by Crippen LogP contribution is -2.59. The van der Waals surface area contributed by atoms with Gasteiger partial charge in [-0.15, -0.1) is 0 Å². The summed E-state index contributed by atoms with van der Waals surface area (Å²) in [6.07, 6.45) is 40.7. The Labute approximate surface area is 358 Å². The van der Waals surface area contributed by atoms with Crippen LogP contribution in [0.3, 0.4) is 0 Å². The van der Waals surface area contributed by atoms with E-state index < -0.39 is 55.4 Å². The average molecular weight is 833 g/mol. The van der Waals surface area contributed by atoms with Crippen LogP contribution in [0.1, 0.15) is 181 Å². The van der Waals surface area contributed by atoms with Crippen molar-refractivity contribution in [2.45, 2.75) is 218 Å². The van der Waals surface area contributed by atoms with Gasteiger partial charge in [0.1, 0.15) is 31.0 Å². The standard InChI is InChI=1S/C49H84O10/c1-3-5-7-9-11-13-15-17-19-21-23-25-27-29-31-33-35-37-44(51)56-40-42(41-57-49-48(55)47(54)46(53)43(39-50)59-49)58-45(52)38-36-34-32-30-28-26-24-22-20-18-16-14-12-10-8-6-4-2/h11-14,17-20,24,26,42-43,46-50,53-55H,3-10,15-16,21-23,25,27-41H2,1-2H3/b13-11+,14-12+,19-17+,20-18+,26-24+/t42-,43-,46+,47?,48?,49-/m0/s1. The van der Waals surface area contributed by atoms with Crippen LogP contribution in [0.4, 0.5) is 0 Å². The predicted molar refractivity (Wildman–Crippen MR) is 238 cm³/mol. The van der Waals surface area contributed by atoms with E-state index >= 15 is 0 Å². The van der Waals surface area contributed by atoms with Crippen LogP contribution in [0.2, 0.25) is 0 Å². The lowest BCUT2D eigenvalue weighted by atomic mass is 9.99. The van der Waals surface area contributed by atoms with Crippen LogP contribution in [-0.2, 0) is 28.5 Å². The van der Waals surface area contributed by atoms with Crippen LogP contribution in [0.15, 0.2) is 60.8 Å². The molecule has 59 heavy (non-hydrogen) atoms. The minimum atomic E-state index is -1.60. The number of carbonyl (C=O) groups excluding carboxylic acids is 2. The molecule has 0 bridgehead atoms. The van der Waals surface area contributed by atoms with Crippen molar-refractivity contribution in [1.29, 1.82) is 0 Å². The van der Waals surface area contributed by atoms with Crippen molar-refractivity contribution in [2.24, 2.45) is 0 Å². The SMILES string of the molecule is CCCCC/C=C/C/C=C/C/C=C/CCCCCCC(=O)O[C@@H](COC(=O)CCCCCCCCC/C=C/C/C=C/CCCCC)CO[C@H]1O[C@@H](CO)[C@@H](O)C(O)C1O. The Morgan fingerprint density at radius 2 is 0.949 bits per heavy atom. The maximum absolute atomic E-state index is 12.8. The number of carbonyl (C=O) groups is 2. The summed E-state index contributed by atoms with van der Waals surface area (Å²) in [6.45, 7) is 3.33. The molecule has 1 saturated heterocycles. The van der Waals surface area contributed by atoms with Gasteiger partial charge in [0.25, 0.3) is 0 Å². The molecule has 2 unspecified atom stereocenters. The van der Waals surface area contributed by atoms with Crippen LogP contribution in [0, 0.1) is 0 Å². The van der Waals surface area contributed by atoms with Gasteiger partial charge in [0.05, 0.1) is 13.2 Å². The molecule has 0 aromatic heterocycles. The summed E-state index contributed by atoms with van der Waals surface area (Å²) in [5, 5.41) is 40.1. The number of allylic oxidation sites excluding steroid dienone is 10. The molecule has 0 spiro atoms. The highest BCUT2D eigenvalue weighted by Crippen LogP contribution is 2.22. The number of hydrogen-bond acceptors (Lipinski definition) is 10. The first-order chi connectivity index (χ1) is 28.8. The molecule has 0 aromatic rings. The summed E-state index contributed by atoms with van der Waals surface area (Å²) < 4.78 is 22.2. The molecule has 1 heterocycles. The van der Waals surface area contributed by atoms with Gasteiger partial charge in [-0.3, -0.25) is 9.59 Å². The monoisotopic (exact) mass is 833 g/mol. The summed E-state index contributed by atoms with van der Waals surface area (Å²) >= 11 is 0. The van der Waals surface area contributed by atoms with Crippen molar-refractivity contribution in [3.8, 4) is 0 Å². The number of aliphatic hydroxyl groups is 4. The van der Waals surface area contributed by atoms with Crippen molar-refractivity contribution in [3.63, 3.8) is 0 Å². The van der Waals surface area contributed by atoms with Gasteiger partial charge in [0.15, 0.2) is 12.4 Å². The Morgan fingerprint density at radius 1 is 0.525 bits per heavy atom. The van der Waals surface area contributed by atoms with Gasteiger partial charge in [0.2, 0.25) is 0 Å². The third-order valence-corrected chi connectivity index (χ3v) is 10.4. The Morgan fingerprint density at radius 3 is 1.42 bits per heavy atom. The topological polar surface area (TPSA) is 152 Å². The molecule has 1 aliphatic rings. The molecular formula is C49H84O10. The second kappa shape index (κ2) is 39.5. The average Bonchev–Trinajstić information content (AvgIpc) is 3.23. The highest BCUT2D eigenvalue weighted by Gasteiger charge is 2.44. The largest absolute Gasteiger partial charge is 0.462 e. The zero-order chi connectivity index (χ0) is 43.0. The molecule has 10 heteroatoms. The van der Waals surface area contributed by atoms with Crippen molar-refractivity contribution in [1.82, 2.24) is 0 Å². The molecule has 0 saturated carbocycles. The van der Waals surface area contributed by atoms with Gasteiger partial charge in [-0.05, 0) is 83.5 Å². The molecule has 340 valence electrons. The number of rotatable bonds is 38. The van der Waals surface area contributed by atoms with Crippen LogP contribution in [0.25, 0.3) is 0 Å². The van der Waals surface area contributed by atoms with Crippen LogP contribution >= 0.6 is 0 Å². The molecule has 0 aliphatic carbocycles. The highest BCUT2D eigenvalue weighted by atomic mass is 16.7. The molecular weight excluding hydrogens is 749 g/mol. The fourth-order valence-corrected chi connectivity index (χ4v) is 6.64. The second-order valence-corrected chi connectivity index (χ2v) is 15.8. The molecule has 6 atom stereocenters. The van der Waals surface area contributed by atoms with Gasteiger partial charge < -0.3 is 39.4 Å². The summed E-state index contributed by atoms with van der Waals surface area (Å²) in [4.78, 5) is 25.4. The van der Waals surface area contributed by atoms with E-state index in [4.69, 9.17) is 18.9 Å². The van der Waals surface area contributed by atoms with Gasteiger partial charge in [-0.2, -0.15) is 0 Å². The van der Waals surface area contributed by atoms with Crippen LogP contribution in [-0.4, -0.2) is 89.0 Å². The summed E-state index contributed by atoms with van der Waals surface area (Å²) in [5.74, 6) is -0.843. The summed E-state index contributed by atoms with van der Waals surface area (Å²) in [6, 6.07) is 0. The van der Waals surface area contributed by atoms with Gasteiger partial charge in [-0.25, -0.2) is 0 Å². The summed E-state index contributed by atoms with van der Waals surface area (Å²) in [7, 11) is 0. The molecule has 4 N–H and O–H groups in total. The first-order valence-corrected chi connectivity index (χ1v) is 23.4. The zero-order valence-electron chi connectivity index (χ0n) is 37.0. The smallest absolute Gasteiger partial charge is 0.306 e. The highest BCUT2D eigenvalue weighted by molar-refractivity contribution is 5.70.